The van der Waals surface area contributed by atoms with Gasteiger partial charge in [0, 0.05) is 26.6 Å². The lowest BCUT2D eigenvalue weighted by Crippen LogP contribution is -2.65. The van der Waals surface area contributed by atoms with Crippen LogP contribution in [-0.4, -0.2) is 75.4 Å². The second-order valence-corrected chi connectivity index (χ2v) is 14.0. The average molecular weight is 576 g/mol. The highest BCUT2D eigenvalue weighted by molar-refractivity contribution is 6.48. The number of hydrogen-bond donors (Lipinski definition) is 4. The molecule has 2 bridgehead atoms. The summed E-state index contributed by atoms with van der Waals surface area (Å²) in [6, 6.07) is -0.673. The summed E-state index contributed by atoms with van der Waals surface area (Å²) >= 11 is 0. The minimum Gasteiger partial charge on any atom is -0.404 e. The third-order valence-corrected chi connectivity index (χ3v) is 10.5. The fraction of sp³-hybridized carbons (Fsp3) is 0.900. The van der Waals surface area contributed by atoms with Gasteiger partial charge >= 0.3 is 7.12 Å². The van der Waals surface area contributed by atoms with Gasteiger partial charge in [-0.25, -0.2) is 0 Å². The summed E-state index contributed by atoms with van der Waals surface area (Å²) in [5.74, 6) is 1.05. The van der Waals surface area contributed by atoms with Crippen LogP contribution < -0.4 is 21.7 Å². The van der Waals surface area contributed by atoms with Gasteiger partial charge in [0.25, 0.3) is 0 Å². The van der Waals surface area contributed by atoms with E-state index in [1.54, 1.807) is 14.2 Å². The van der Waals surface area contributed by atoms with Crippen molar-refractivity contribution in [2.75, 3.05) is 20.7 Å². The summed E-state index contributed by atoms with van der Waals surface area (Å²) in [7, 11) is 2.81. The highest BCUT2D eigenvalue weighted by Gasteiger charge is 2.68. The first kappa shape index (κ1) is 32.1. The van der Waals surface area contributed by atoms with Crippen molar-refractivity contribution in [3.05, 3.63) is 0 Å². The molecule has 10 nitrogen and oxygen atoms in total. The van der Waals surface area contributed by atoms with Gasteiger partial charge in [0.15, 0.2) is 5.96 Å². The number of rotatable bonds is 12. The summed E-state index contributed by atoms with van der Waals surface area (Å²) in [5, 5.41) is 9.39. The molecule has 1 heterocycles. The Kier molecular flexibility index (Phi) is 10.3. The molecule has 0 spiro atoms. The van der Waals surface area contributed by atoms with Crippen LogP contribution in [0, 0.1) is 29.1 Å². The van der Waals surface area contributed by atoms with Crippen molar-refractivity contribution in [1.29, 1.82) is 0 Å². The second kappa shape index (κ2) is 13.2. The van der Waals surface area contributed by atoms with E-state index in [-0.39, 0.29) is 46.9 Å². The van der Waals surface area contributed by atoms with E-state index in [9.17, 15) is 9.59 Å². The van der Waals surface area contributed by atoms with Gasteiger partial charge in [-0.2, -0.15) is 0 Å². The number of hydrogen-bond acceptors (Lipinski definition) is 6. The Balaban J connectivity index is 1.44. The highest BCUT2D eigenvalue weighted by atomic mass is 16.7. The molecule has 2 amide bonds. The lowest BCUT2D eigenvalue weighted by molar-refractivity contribution is -0.199. The van der Waals surface area contributed by atoms with Crippen LogP contribution in [0.1, 0.15) is 92.4 Å². The van der Waals surface area contributed by atoms with Crippen LogP contribution in [0.15, 0.2) is 4.99 Å². The number of nitrogens with two attached hydrogens (primary N) is 1. The number of carbonyl (C=O) groups excluding carboxylic acids is 2. The standard InChI is InChI=1S/C30H54BN5O5/c1-18(2)14-25(31-40-24-17-20-16-23(29(20,3)4)30(24,5)41-31)36-27(38)22(12-9-13-34-28(32)33-6)35-26(37)19-10-8-11-21(15-19)39-7/h18-25H,8-17H2,1-7H3,(H,35,37)(H,36,38)(H3,32,33,34)/t19?,20-,21?,22-,23-,24+,25-,30-/m0/s1. The fourth-order valence-electron chi connectivity index (χ4n) is 7.86. The molecule has 0 aromatic carbocycles. The Morgan fingerprint density at radius 3 is 2.56 bits per heavy atom. The molecule has 5 N–H and O–H groups in total. The number of aliphatic imine (C=N–C) groups is 1. The predicted octanol–water partition coefficient (Wildman–Crippen LogP) is 2.79. The van der Waals surface area contributed by atoms with Crippen molar-refractivity contribution in [1.82, 2.24) is 16.0 Å². The molecule has 4 aliphatic carbocycles. The van der Waals surface area contributed by atoms with Crippen molar-refractivity contribution in [3.63, 3.8) is 0 Å². The summed E-state index contributed by atoms with van der Waals surface area (Å²) in [5.41, 5.74) is 5.68. The second-order valence-electron chi connectivity index (χ2n) is 14.0. The van der Waals surface area contributed by atoms with Gasteiger partial charge in [-0.3, -0.25) is 14.6 Å². The number of carbonyl (C=O) groups is 2. The van der Waals surface area contributed by atoms with E-state index < -0.39 is 13.2 Å². The van der Waals surface area contributed by atoms with Crippen molar-refractivity contribution < 1.29 is 23.6 Å². The molecule has 11 heteroatoms. The fourth-order valence-corrected chi connectivity index (χ4v) is 7.86. The number of methoxy groups -OCH3 is 1. The molecule has 1 aliphatic heterocycles. The van der Waals surface area contributed by atoms with E-state index in [0.29, 0.717) is 49.5 Å². The van der Waals surface area contributed by atoms with Gasteiger partial charge in [-0.05, 0) is 81.5 Å². The number of nitrogens with one attached hydrogen (secondary N) is 3. The molecule has 5 aliphatic rings. The van der Waals surface area contributed by atoms with Gasteiger partial charge in [0.05, 0.1) is 23.8 Å². The van der Waals surface area contributed by atoms with Crippen LogP contribution in [0.25, 0.3) is 0 Å². The molecule has 5 rings (SSSR count). The highest BCUT2D eigenvalue weighted by Crippen LogP contribution is 2.65. The summed E-state index contributed by atoms with van der Waals surface area (Å²) in [4.78, 5) is 31.1. The van der Waals surface area contributed by atoms with Gasteiger partial charge in [-0.15, -0.1) is 0 Å². The predicted molar refractivity (Wildman–Crippen MR) is 161 cm³/mol. The molecule has 2 unspecified atom stereocenters. The molecular formula is C30H54BN5O5. The first-order chi connectivity index (χ1) is 19.4. The normalized spacial score (nSPS) is 33.9. The topological polar surface area (TPSA) is 136 Å². The maximum absolute atomic E-state index is 13.9. The van der Waals surface area contributed by atoms with E-state index in [1.807, 2.05) is 0 Å². The lowest BCUT2D eigenvalue weighted by Gasteiger charge is -2.64. The molecule has 5 fully saturated rings. The Labute approximate surface area is 247 Å². The zero-order chi connectivity index (χ0) is 29.9. The molecule has 0 aromatic heterocycles. The summed E-state index contributed by atoms with van der Waals surface area (Å²) < 4.78 is 18.8. The number of amides is 2. The van der Waals surface area contributed by atoms with Crippen LogP contribution in [0.2, 0.25) is 0 Å². The van der Waals surface area contributed by atoms with Crippen LogP contribution in [0.4, 0.5) is 0 Å². The summed E-state index contributed by atoms with van der Waals surface area (Å²) in [6.07, 6.45) is 7.54. The van der Waals surface area contributed by atoms with Crippen LogP contribution in [-0.2, 0) is 23.6 Å². The zero-order valence-electron chi connectivity index (χ0n) is 26.3. The molecule has 0 radical (unpaired) electrons. The number of ether oxygens (including phenoxy) is 1. The van der Waals surface area contributed by atoms with Crippen molar-refractivity contribution in [2.45, 2.75) is 122 Å². The third-order valence-electron chi connectivity index (χ3n) is 10.5. The van der Waals surface area contributed by atoms with Crippen LogP contribution in [0.5, 0.6) is 0 Å². The molecule has 41 heavy (non-hydrogen) atoms. The first-order valence-electron chi connectivity index (χ1n) is 15.8. The Bertz CT molecular complexity index is 964. The Morgan fingerprint density at radius 1 is 1.15 bits per heavy atom. The Morgan fingerprint density at radius 2 is 1.90 bits per heavy atom. The van der Waals surface area contributed by atoms with E-state index in [1.165, 1.54) is 6.42 Å². The first-order valence-corrected chi connectivity index (χ1v) is 15.8. The van der Waals surface area contributed by atoms with Gasteiger partial charge in [0.1, 0.15) is 6.04 Å². The number of guanidine groups is 1. The molecular weight excluding hydrogens is 521 g/mol. The SMILES string of the molecule is CN=C(N)NCCC[C@H](NC(=O)C1CCCC(OC)C1)C(=O)N[C@@H](CC(C)C)B1O[C@@H]2C[C@@H]3C[C@@H](C3(C)C)[C@]2(C)O1. The lowest BCUT2D eigenvalue weighted by atomic mass is 9.43. The summed E-state index contributed by atoms with van der Waals surface area (Å²) in [6.45, 7) is 11.7. The van der Waals surface area contributed by atoms with Gasteiger partial charge in [0.2, 0.25) is 11.8 Å². The minimum absolute atomic E-state index is 0.0446. The molecule has 0 aromatic rings. The van der Waals surface area contributed by atoms with Gasteiger partial charge in [-0.1, -0.05) is 34.1 Å². The molecule has 232 valence electrons. The zero-order valence-corrected chi connectivity index (χ0v) is 26.3. The molecule has 1 saturated heterocycles. The monoisotopic (exact) mass is 575 g/mol. The van der Waals surface area contributed by atoms with E-state index in [2.05, 4.69) is 55.6 Å². The van der Waals surface area contributed by atoms with E-state index in [0.717, 1.165) is 32.1 Å². The maximum Gasteiger partial charge on any atom is 0.481 e. The molecule has 8 atom stereocenters. The quantitative estimate of drug-likeness (QED) is 0.122. The van der Waals surface area contributed by atoms with Crippen molar-refractivity contribution >= 4 is 24.9 Å². The van der Waals surface area contributed by atoms with Crippen LogP contribution >= 0.6 is 0 Å². The van der Waals surface area contributed by atoms with E-state index >= 15 is 0 Å². The largest absolute Gasteiger partial charge is 0.481 e. The number of nitrogens with zero attached hydrogens (tertiary/aromatic N) is 1. The van der Waals surface area contributed by atoms with Crippen molar-refractivity contribution in [3.8, 4) is 0 Å². The van der Waals surface area contributed by atoms with Gasteiger partial charge < -0.3 is 35.7 Å². The Hall–Kier alpha value is -1.85. The average Bonchev–Trinajstić information content (AvgIpc) is 3.30. The minimum atomic E-state index is -0.673. The van der Waals surface area contributed by atoms with E-state index in [4.69, 9.17) is 19.8 Å². The smallest absolute Gasteiger partial charge is 0.404 e. The van der Waals surface area contributed by atoms with Crippen molar-refractivity contribution in [2.24, 2.45) is 39.8 Å². The maximum atomic E-state index is 13.9. The van der Waals surface area contributed by atoms with Crippen LogP contribution in [0.3, 0.4) is 0 Å². The third kappa shape index (κ3) is 7.04. The molecule has 4 saturated carbocycles.